The molecule has 3 aliphatic rings. The van der Waals surface area contributed by atoms with Gasteiger partial charge in [0.15, 0.2) is 0 Å². The van der Waals surface area contributed by atoms with Crippen molar-refractivity contribution in [1.29, 1.82) is 0 Å². The summed E-state index contributed by atoms with van der Waals surface area (Å²) in [4.78, 5) is 2.69. The quantitative estimate of drug-likeness (QED) is 0.0394. The second-order valence-corrected chi connectivity index (χ2v) is 32.0. The lowest BCUT2D eigenvalue weighted by molar-refractivity contribution is 0.394. The average Bonchev–Trinajstić information content (AvgIpc) is 1.53. The number of furan rings is 2. The van der Waals surface area contributed by atoms with Gasteiger partial charge in [0.25, 0.3) is 0 Å². The molecule has 10 aromatic carbocycles. The molecule has 0 saturated carbocycles. The lowest BCUT2D eigenvalue weighted by atomic mass is 9.68. The van der Waals surface area contributed by atoms with Gasteiger partial charge in [-0.3, -0.25) is 0 Å². The van der Waals surface area contributed by atoms with E-state index in [1.807, 2.05) is 0 Å². The van der Waals surface area contributed by atoms with Crippen LogP contribution in [0.1, 0.15) is 271 Å². The van der Waals surface area contributed by atoms with E-state index in [0.29, 0.717) is 0 Å². The van der Waals surface area contributed by atoms with Crippen molar-refractivity contribution in [3.05, 3.63) is 220 Å². The van der Waals surface area contributed by atoms with Gasteiger partial charge in [0.05, 0.1) is 5.69 Å². The van der Waals surface area contributed by atoms with Crippen molar-refractivity contribution in [2.45, 2.75) is 258 Å². The third kappa shape index (κ3) is 12.3. The maximum Gasteiger partial charge on any atom is 0.143 e. The van der Waals surface area contributed by atoms with Crippen LogP contribution >= 0.6 is 0 Å². The first-order valence-electron chi connectivity index (χ1n) is 40.2. The first kappa shape index (κ1) is 68.6. The van der Waals surface area contributed by atoms with Gasteiger partial charge in [-0.2, -0.15) is 0 Å². The lowest BCUT2D eigenvalue weighted by Gasteiger charge is -2.35. The molecule has 2 aromatic heterocycles. The smallest absolute Gasteiger partial charge is 0.143 e. The molecule has 0 amide bonds. The SMILES string of the molecule is CCCCCCCCC1(CCCCCCCC)c2cc(N(c3ccc4c(c3)C(C)(C)c3cc(-c5cccc6ccccc56)c5oc6ccccc6c5c3-4)c3c(C)cc(C)cc3C)ccc2-c2cc3c(cc21)-c1c(ccc2oc4ccccc4c12)C3(CCCCCCCC)CCCCCCCC. The van der Waals surface area contributed by atoms with Gasteiger partial charge in [0, 0.05) is 54.7 Å². The summed E-state index contributed by atoms with van der Waals surface area (Å²) in [6, 6.07) is 66.7. The molecule has 3 aliphatic carbocycles. The van der Waals surface area contributed by atoms with Gasteiger partial charge in [-0.1, -0.05) is 310 Å². The minimum absolute atomic E-state index is 0.0992. The average molecular weight is 1330 g/mol. The second-order valence-electron chi connectivity index (χ2n) is 32.0. The van der Waals surface area contributed by atoms with Crippen LogP contribution in [0.2, 0.25) is 0 Å². The van der Waals surface area contributed by atoms with Gasteiger partial charge in [0.1, 0.15) is 22.3 Å². The maximum atomic E-state index is 7.10. The van der Waals surface area contributed by atoms with Crippen LogP contribution in [0.25, 0.3) is 99.2 Å². The minimum Gasteiger partial charge on any atom is -0.456 e. The molecule has 0 spiro atoms. The van der Waals surface area contributed by atoms with Crippen LogP contribution in [0.15, 0.2) is 179 Å². The molecular weight excluding hydrogens is 1220 g/mol. The second kappa shape index (κ2) is 29.3. The molecule has 0 radical (unpaired) electrons. The number of hydrogen-bond donors (Lipinski definition) is 0. The molecule has 520 valence electrons. The summed E-state index contributed by atoms with van der Waals surface area (Å²) in [6.07, 6.45) is 35.6. The van der Waals surface area contributed by atoms with Crippen molar-refractivity contribution in [1.82, 2.24) is 0 Å². The first-order valence-corrected chi connectivity index (χ1v) is 40.2. The topological polar surface area (TPSA) is 29.5 Å². The van der Waals surface area contributed by atoms with Gasteiger partial charge in [-0.05, 0) is 201 Å². The van der Waals surface area contributed by atoms with Crippen LogP contribution in [-0.2, 0) is 16.2 Å². The fraction of sp³-hybridized carbons (Fsp3) is 0.408. The van der Waals surface area contributed by atoms with E-state index in [2.05, 4.69) is 237 Å². The standard InChI is InChI=1S/C98H111NO2/c1-10-14-18-22-26-36-55-97(56-37-27-23-19-15-11-2)81-53-54-89-92(76-44-32-34-47-87(76)100-89)91(81)80-65-84-78(63-85(80)97)74-51-49-71(62-83(74)98(84,57-38-28-24-20-16-12-3)58-39-29-25-21-17-13-4)99(94-67(6)59-66(5)60-68(94)7)70-50-52-75-82(61-70)96(8,9)86-64-79(73-46-40-42-69-41-30-31-43-72(69)73)95-93(90(75)86)77-45-33-35-48-88(77)101-95/h30-35,40-54,59-65H,10-29,36-39,55-58H2,1-9H3. The number of fused-ring (bicyclic) bond motifs is 18. The molecule has 0 fully saturated rings. The Labute approximate surface area is 604 Å². The first-order chi connectivity index (χ1) is 49.4. The van der Waals surface area contributed by atoms with Crippen LogP contribution in [0.4, 0.5) is 17.1 Å². The van der Waals surface area contributed by atoms with Crippen LogP contribution in [-0.4, -0.2) is 0 Å². The van der Waals surface area contributed by atoms with Crippen molar-refractivity contribution in [2.75, 3.05) is 4.90 Å². The van der Waals surface area contributed by atoms with E-state index in [4.69, 9.17) is 8.83 Å². The molecule has 12 aromatic rings. The minimum atomic E-state index is -0.342. The predicted octanol–water partition coefficient (Wildman–Crippen LogP) is 30.5. The molecule has 0 bridgehead atoms. The molecule has 0 atom stereocenters. The largest absolute Gasteiger partial charge is 0.456 e. The zero-order valence-electron chi connectivity index (χ0n) is 62.7. The third-order valence-electron chi connectivity index (χ3n) is 24.9. The molecular formula is C98H111NO2. The third-order valence-corrected chi connectivity index (χ3v) is 24.9. The molecule has 0 unspecified atom stereocenters. The number of anilines is 3. The molecule has 3 nitrogen and oxygen atoms in total. The fourth-order valence-corrected chi connectivity index (χ4v) is 19.9. The Morgan fingerprint density at radius 1 is 0.317 bits per heavy atom. The highest BCUT2D eigenvalue weighted by molar-refractivity contribution is 6.20. The predicted molar refractivity (Wildman–Crippen MR) is 435 cm³/mol. The monoisotopic (exact) mass is 1330 g/mol. The van der Waals surface area contributed by atoms with Crippen LogP contribution in [0.5, 0.6) is 0 Å². The summed E-state index contributed by atoms with van der Waals surface area (Å²) in [6.45, 7) is 21.4. The van der Waals surface area contributed by atoms with Gasteiger partial charge in [-0.15, -0.1) is 0 Å². The fourth-order valence-electron chi connectivity index (χ4n) is 19.9. The van der Waals surface area contributed by atoms with E-state index < -0.39 is 0 Å². The number of aryl methyl sites for hydroxylation is 3. The summed E-state index contributed by atoms with van der Waals surface area (Å²) in [5, 5.41) is 7.45. The zero-order valence-corrected chi connectivity index (χ0v) is 62.7. The highest BCUT2D eigenvalue weighted by Gasteiger charge is 2.49. The Balaban J connectivity index is 0.939. The van der Waals surface area contributed by atoms with Crippen molar-refractivity contribution in [3.63, 3.8) is 0 Å². The Morgan fingerprint density at radius 2 is 0.772 bits per heavy atom. The highest BCUT2D eigenvalue weighted by atomic mass is 16.3. The van der Waals surface area contributed by atoms with Gasteiger partial charge in [-0.25, -0.2) is 0 Å². The van der Waals surface area contributed by atoms with Crippen molar-refractivity contribution >= 4 is 71.7 Å². The van der Waals surface area contributed by atoms with Crippen LogP contribution < -0.4 is 4.90 Å². The maximum absolute atomic E-state index is 7.10. The summed E-state index contributed by atoms with van der Waals surface area (Å²) < 4.78 is 14.0. The molecule has 15 rings (SSSR count). The van der Waals surface area contributed by atoms with Crippen molar-refractivity contribution < 1.29 is 8.83 Å². The Hall–Kier alpha value is -8.14. The number of hydrogen-bond acceptors (Lipinski definition) is 3. The number of unbranched alkanes of at least 4 members (excludes halogenated alkanes) is 20. The summed E-state index contributed by atoms with van der Waals surface area (Å²) in [5.74, 6) is 0. The molecule has 101 heavy (non-hydrogen) atoms. The number of benzene rings is 10. The van der Waals surface area contributed by atoms with Gasteiger partial charge in [0.2, 0.25) is 0 Å². The van der Waals surface area contributed by atoms with E-state index >= 15 is 0 Å². The van der Waals surface area contributed by atoms with Crippen LogP contribution in [0.3, 0.4) is 0 Å². The molecule has 0 aliphatic heterocycles. The zero-order chi connectivity index (χ0) is 69.4. The Morgan fingerprint density at radius 3 is 1.38 bits per heavy atom. The molecule has 0 saturated heterocycles. The highest BCUT2D eigenvalue weighted by Crippen LogP contribution is 2.64. The summed E-state index contributed by atoms with van der Waals surface area (Å²) in [5.41, 5.74) is 30.8. The van der Waals surface area contributed by atoms with E-state index in [0.717, 1.165) is 40.7 Å². The lowest BCUT2D eigenvalue weighted by Crippen LogP contribution is -2.27. The van der Waals surface area contributed by atoms with Crippen LogP contribution in [0, 0.1) is 20.8 Å². The number of rotatable bonds is 32. The van der Waals surface area contributed by atoms with E-state index in [-0.39, 0.29) is 16.2 Å². The summed E-state index contributed by atoms with van der Waals surface area (Å²) in [7, 11) is 0. The summed E-state index contributed by atoms with van der Waals surface area (Å²) >= 11 is 0. The normalized spacial score (nSPS) is 14.3. The van der Waals surface area contributed by atoms with E-state index in [1.54, 1.807) is 22.3 Å². The van der Waals surface area contributed by atoms with Gasteiger partial charge < -0.3 is 13.7 Å². The Bertz CT molecular complexity index is 4940. The molecule has 2 heterocycles. The number of para-hydroxylation sites is 2. The van der Waals surface area contributed by atoms with Crippen molar-refractivity contribution in [2.24, 2.45) is 0 Å². The molecule has 0 N–H and O–H groups in total. The Kier molecular flexibility index (Phi) is 19.9. The number of nitrogens with zero attached hydrogens (tertiary/aromatic N) is 1. The van der Waals surface area contributed by atoms with E-state index in [1.165, 1.54) is 283 Å². The van der Waals surface area contributed by atoms with Gasteiger partial charge >= 0.3 is 0 Å². The molecule has 3 heteroatoms. The van der Waals surface area contributed by atoms with Crippen molar-refractivity contribution in [3.8, 4) is 44.5 Å². The van der Waals surface area contributed by atoms with E-state index in [9.17, 15) is 0 Å².